The Morgan fingerprint density at radius 2 is 2.08 bits per heavy atom. The lowest BCUT2D eigenvalue weighted by atomic mass is 10.2. The van der Waals surface area contributed by atoms with Crippen molar-refractivity contribution in [2.75, 3.05) is 0 Å². The van der Waals surface area contributed by atoms with E-state index in [0.29, 0.717) is 11.6 Å². The Morgan fingerprint density at radius 3 is 2.58 bits per heavy atom. The maximum atomic E-state index is 12.6. The minimum atomic E-state index is -0.345. The minimum absolute atomic E-state index is 0. The van der Waals surface area contributed by atoms with Crippen LogP contribution < -0.4 is 11.3 Å². The summed E-state index contributed by atoms with van der Waals surface area (Å²) in [4.78, 5) is 0. The quantitative estimate of drug-likeness (QED) is 0.578. The standard InChI is InChI=1S/C7H8ClFN2.ClH/c8-6-1-5(4-11-10)2-7(9)3-6;/h1-3,11H,4,10H2;1H. The van der Waals surface area contributed by atoms with Gasteiger partial charge in [-0.1, -0.05) is 11.6 Å². The van der Waals surface area contributed by atoms with Crippen LogP contribution in [0.2, 0.25) is 5.02 Å². The van der Waals surface area contributed by atoms with Crippen molar-refractivity contribution in [1.29, 1.82) is 0 Å². The molecule has 0 amide bonds. The molecule has 0 aliphatic heterocycles. The lowest BCUT2D eigenvalue weighted by Gasteiger charge is -1.99. The molecule has 0 aliphatic rings. The summed E-state index contributed by atoms with van der Waals surface area (Å²) in [6.45, 7) is 0.414. The highest BCUT2D eigenvalue weighted by molar-refractivity contribution is 6.30. The molecule has 2 nitrogen and oxygen atoms in total. The lowest BCUT2D eigenvalue weighted by molar-refractivity contribution is 0.622. The summed E-state index contributed by atoms with van der Waals surface area (Å²) in [5.41, 5.74) is 3.15. The van der Waals surface area contributed by atoms with Crippen molar-refractivity contribution in [1.82, 2.24) is 5.43 Å². The van der Waals surface area contributed by atoms with Gasteiger partial charge in [-0.3, -0.25) is 11.3 Å². The molecule has 0 fully saturated rings. The molecule has 1 rings (SSSR count). The Kier molecular flexibility index (Phi) is 5.17. The molecule has 12 heavy (non-hydrogen) atoms. The van der Waals surface area contributed by atoms with Gasteiger partial charge in [-0.05, 0) is 23.8 Å². The van der Waals surface area contributed by atoms with Gasteiger partial charge in [-0.2, -0.15) is 0 Å². The highest BCUT2D eigenvalue weighted by Crippen LogP contribution is 2.13. The Bertz CT molecular complexity index is 235. The summed E-state index contributed by atoms with van der Waals surface area (Å²) < 4.78 is 12.6. The van der Waals surface area contributed by atoms with Gasteiger partial charge >= 0.3 is 0 Å². The Balaban J connectivity index is 0.00000121. The van der Waals surface area contributed by atoms with Gasteiger partial charge in [-0.25, -0.2) is 4.39 Å². The number of hydrazine groups is 1. The summed E-state index contributed by atoms with van der Waals surface area (Å²) in [6.07, 6.45) is 0. The van der Waals surface area contributed by atoms with Crippen molar-refractivity contribution in [3.63, 3.8) is 0 Å². The number of nitrogens with one attached hydrogen (secondary N) is 1. The smallest absolute Gasteiger partial charge is 0.125 e. The second-order valence-corrected chi connectivity index (χ2v) is 2.60. The molecule has 1 aromatic carbocycles. The number of hydrogen-bond acceptors (Lipinski definition) is 2. The lowest BCUT2D eigenvalue weighted by Crippen LogP contribution is -2.20. The predicted molar refractivity (Wildman–Crippen MR) is 49.7 cm³/mol. The van der Waals surface area contributed by atoms with E-state index >= 15 is 0 Å². The molecule has 0 radical (unpaired) electrons. The molecule has 3 N–H and O–H groups in total. The Labute approximate surface area is 81.3 Å². The molecule has 0 unspecified atom stereocenters. The number of rotatable bonds is 2. The maximum Gasteiger partial charge on any atom is 0.125 e. The summed E-state index contributed by atoms with van der Waals surface area (Å²) in [6, 6.07) is 4.29. The summed E-state index contributed by atoms with van der Waals surface area (Å²) >= 11 is 5.58. The minimum Gasteiger partial charge on any atom is -0.271 e. The summed E-state index contributed by atoms with van der Waals surface area (Å²) in [7, 11) is 0. The fraction of sp³-hybridized carbons (Fsp3) is 0.143. The first-order valence-corrected chi connectivity index (χ1v) is 3.48. The second-order valence-electron chi connectivity index (χ2n) is 2.16. The molecule has 0 aliphatic carbocycles. The third-order valence-corrected chi connectivity index (χ3v) is 1.45. The van der Waals surface area contributed by atoms with Crippen molar-refractivity contribution < 1.29 is 4.39 Å². The van der Waals surface area contributed by atoms with Crippen molar-refractivity contribution in [2.45, 2.75) is 6.54 Å². The number of benzene rings is 1. The molecule has 0 saturated heterocycles. The fourth-order valence-electron chi connectivity index (χ4n) is 0.831. The highest BCUT2D eigenvalue weighted by Gasteiger charge is 1.97. The zero-order chi connectivity index (χ0) is 8.27. The number of halogens is 3. The third-order valence-electron chi connectivity index (χ3n) is 1.23. The summed E-state index contributed by atoms with van der Waals surface area (Å²) in [5, 5.41) is 0.384. The molecule has 0 aromatic heterocycles. The average molecular weight is 211 g/mol. The van der Waals surface area contributed by atoms with Crippen LogP contribution in [0, 0.1) is 5.82 Å². The van der Waals surface area contributed by atoms with E-state index in [0.717, 1.165) is 5.56 Å². The van der Waals surface area contributed by atoms with E-state index in [9.17, 15) is 4.39 Å². The van der Waals surface area contributed by atoms with E-state index < -0.39 is 0 Å². The maximum absolute atomic E-state index is 12.6. The first kappa shape index (κ1) is 11.6. The number of hydrogen-bond donors (Lipinski definition) is 2. The third kappa shape index (κ3) is 3.36. The van der Waals surface area contributed by atoms with Gasteiger partial charge in [0.1, 0.15) is 5.82 Å². The van der Waals surface area contributed by atoms with Gasteiger partial charge in [0.25, 0.3) is 0 Å². The molecule has 1 aromatic rings. The van der Waals surface area contributed by atoms with Crippen LogP contribution in [0.25, 0.3) is 0 Å². The zero-order valence-corrected chi connectivity index (χ0v) is 7.75. The molecule has 0 atom stereocenters. The van der Waals surface area contributed by atoms with E-state index in [1.807, 2.05) is 0 Å². The van der Waals surface area contributed by atoms with Gasteiger partial charge in [0, 0.05) is 11.6 Å². The molecular weight excluding hydrogens is 202 g/mol. The van der Waals surface area contributed by atoms with Crippen LogP contribution in [0.15, 0.2) is 18.2 Å². The topological polar surface area (TPSA) is 38.0 Å². The van der Waals surface area contributed by atoms with E-state index in [1.165, 1.54) is 12.1 Å². The second kappa shape index (κ2) is 5.32. The van der Waals surface area contributed by atoms with E-state index in [2.05, 4.69) is 5.43 Å². The Morgan fingerprint density at radius 1 is 1.42 bits per heavy atom. The van der Waals surface area contributed by atoms with Gasteiger partial charge < -0.3 is 0 Å². The monoisotopic (exact) mass is 210 g/mol. The van der Waals surface area contributed by atoms with Crippen LogP contribution in [0.5, 0.6) is 0 Å². The molecule has 0 heterocycles. The van der Waals surface area contributed by atoms with E-state index in [-0.39, 0.29) is 18.2 Å². The fourth-order valence-corrected chi connectivity index (χ4v) is 1.08. The van der Waals surface area contributed by atoms with Crippen LogP contribution >= 0.6 is 24.0 Å². The van der Waals surface area contributed by atoms with Crippen LogP contribution in [0.4, 0.5) is 4.39 Å². The predicted octanol–water partition coefficient (Wildman–Crippen LogP) is 1.86. The van der Waals surface area contributed by atoms with Crippen molar-refractivity contribution in [3.8, 4) is 0 Å². The molecule has 0 bridgehead atoms. The molecule has 5 heteroatoms. The first-order chi connectivity index (χ1) is 5.22. The largest absolute Gasteiger partial charge is 0.271 e. The van der Waals surface area contributed by atoms with Crippen LogP contribution in [-0.2, 0) is 6.54 Å². The first-order valence-electron chi connectivity index (χ1n) is 3.11. The molecular formula is C7H9Cl2FN2. The van der Waals surface area contributed by atoms with E-state index in [1.54, 1.807) is 6.07 Å². The molecule has 68 valence electrons. The highest BCUT2D eigenvalue weighted by atomic mass is 35.5. The normalized spacial score (nSPS) is 9.25. The zero-order valence-electron chi connectivity index (χ0n) is 6.18. The van der Waals surface area contributed by atoms with Gasteiger partial charge in [0.15, 0.2) is 0 Å². The Hall–Kier alpha value is -0.350. The van der Waals surface area contributed by atoms with Crippen molar-refractivity contribution in [3.05, 3.63) is 34.6 Å². The van der Waals surface area contributed by atoms with Crippen LogP contribution in [0.3, 0.4) is 0 Å². The molecule has 0 spiro atoms. The van der Waals surface area contributed by atoms with E-state index in [4.69, 9.17) is 17.4 Å². The van der Waals surface area contributed by atoms with Gasteiger partial charge in [0.05, 0.1) is 0 Å². The summed E-state index contributed by atoms with van der Waals surface area (Å²) in [5.74, 6) is 4.70. The van der Waals surface area contributed by atoms with Gasteiger partial charge in [-0.15, -0.1) is 12.4 Å². The SMILES string of the molecule is Cl.NNCc1cc(F)cc(Cl)c1. The van der Waals surface area contributed by atoms with Crippen molar-refractivity contribution >= 4 is 24.0 Å². The average Bonchev–Trinajstić information content (AvgIpc) is 1.85. The molecule has 0 saturated carbocycles. The van der Waals surface area contributed by atoms with Crippen LogP contribution in [-0.4, -0.2) is 0 Å². The van der Waals surface area contributed by atoms with Crippen molar-refractivity contribution in [2.24, 2.45) is 5.84 Å². The van der Waals surface area contributed by atoms with Crippen LogP contribution in [0.1, 0.15) is 5.56 Å². The number of nitrogens with two attached hydrogens (primary N) is 1. The van der Waals surface area contributed by atoms with Gasteiger partial charge in [0.2, 0.25) is 0 Å².